The van der Waals surface area contributed by atoms with E-state index >= 15 is 0 Å². The van der Waals surface area contributed by atoms with E-state index in [0.29, 0.717) is 18.1 Å². The van der Waals surface area contributed by atoms with Crippen LogP contribution >= 0.6 is 11.6 Å². The minimum Gasteiger partial charge on any atom is -0.195 e. The Labute approximate surface area is 114 Å². The third-order valence-corrected chi connectivity index (χ3v) is 5.23. The Bertz CT molecular complexity index is 487. The van der Waals surface area contributed by atoms with Crippen molar-refractivity contribution < 1.29 is 8.42 Å². The van der Waals surface area contributed by atoms with Gasteiger partial charge in [-0.1, -0.05) is 43.6 Å². The highest BCUT2D eigenvalue weighted by Gasteiger charge is 2.24. The van der Waals surface area contributed by atoms with Gasteiger partial charge in [-0.05, 0) is 11.6 Å². The van der Waals surface area contributed by atoms with E-state index in [9.17, 15) is 8.42 Å². The van der Waals surface area contributed by atoms with Crippen molar-refractivity contribution in [2.75, 3.05) is 20.1 Å². The lowest BCUT2D eigenvalue weighted by molar-refractivity contribution is 0.375. The van der Waals surface area contributed by atoms with Gasteiger partial charge in [0.05, 0.1) is 0 Å². The normalized spacial score (nSPS) is 12.3. The second-order valence-electron chi connectivity index (χ2n) is 3.94. The first-order valence-electron chi connectivity index (χ1n) is 5.88. The van der Waals surface area contributed by atoms with Crippen LogP contribution < -0.4 is 0 Å². The third kappa shape index (κ3) is 3.45. The molecule has 0 unspecified atom stereocenters. The fraction of sp³-hybridized carbons (Fsp3) is 0.500. The van der Waals surface area contributed by atoms with Gasteiger partial charge in [-0.15, -0.1) is 0 Å². The lowest BCUT2D eigenvalue weighted by Crippen LogP contribution is -2.41. The molecule has 0 fully saturated rings. The number of benzene rings is 1. The molecule has 0 spiro atoms. The van der Waals surface area contributed by atoms with Crippen molar-refractivity contribution in [1.82, 2.24) is 8.61 Å². The minimum atomic E-state index is -3.41. The molecule has 0 amide bonds. The van der Waals surface area contributed by atoms with Crippen LogP contribution in [0.3, 0.4) is 0 Å². The van der Waals surface area contributed by atoms with Crippen LogP contribution in [0.2, 0.25) is 5.02 Å². The Balaban J connectivity index is 2.89. The van der Waals surface area contributed by atoms with E-state index < -0.39 is 10.2 Å². The summed E-state index contributed by atoms with van der Waals surface area (Å²) in [5, 5.41) is 0.582. The van der Waals surface area contributed by atoms with Gasteiger partial charge in [0.1, 0.15) is 0 Å². The molecule has 0 heterocycles. The van der Waals surface area contributed by atoms with Crippen molar-refractivity contribution in [1.29, 1.82) is 0 Å². The van der Waals surface area contributed by atoms with Crippen LogP contribution in [-0.4, -0.2) is 37.2 Å². The predicted octanol–water partition coefficient (Wildman–Crippen LogP) is 2.36. The molecule has 0 radical (unpaired) electrons. The van der Waals surface area contributed by atoms with Gasteiger partial charge < -0.3 is 0 Å². The maximum atomic E-state index is 12.2. The van der Waals surface area contributed by atoms with E-state index in [-0.39, 0.29) is 6.54 Å². The zero-order valence-electron chi connectivity index (χ0n) is 10.9. The van der Waals surface area contributed by atoms with E-state index in [1.165, 1.54) is 8.61 Å². The summed E-state index contributed by atoms with van der Waals surface area (Å²) in [7, 11) is -1.84. The van der Waals surface area contributed by atoms with Gasteiger partial charge in [0, 0.05) is 31.7 Å². The van der Waals surface area contributed by atoms with E-state index in [0.717, 1.165) is 5.56 Å². The van der Waals surface area contributed by atoms with Gasteiger partial charge in [0.15, 0.2) is 0 Å². The molecule has 1 aromatic carbocycles. The molecule has 0 aliphatic rings. The summed E-state index contributed by atoms with van der Waals surface area (Å²) in [6.45, 7) is 4.85. The van der Waals surface area contributed by atoms with Crippen molar-refractivity contribution in [2.45, 2.75) is 20.4 Å². The number of hydrogen-bond donors (Lipinski definition) is 0. The first kappa shape index (κ1) is 15.4. The fourth-order valence-corrected chi connectivity index (χ4v) is 3.24. The summed E-state index contributed by atoms with van der Waals surface area (Å²) in [5.74, 6) is 0. The van der Waals surface area contributed by atoms with E-state index in [1.54, 1.807) is 13.1 Å². The lowest BCUT2D eigenvalue weighted by atomic mass is 10.2. The Morgan fingerprint density at radius 2 is 1.72 bits per heavy atom. The summed E-state index contributed by atoms with van der Waals surface area (Å²) in [4.78, 5) is 0. The first-order valence-corrected chi connectivity index (χ1v) is 7.65. The van der Waals surface area contributed by atoms with Crippen molar-refractivity contribution >= 4 is 21.8 Å². The van der Waals surface area contributed by atoms with Crippen LogP contribution in [0.15, 0.2) is 24.3 Å². The molecule has 0 saturated carbocycles. The molecule has 0 aliphatic heterocycles. The number of rotatable bonds is 6. The number of hydrogen-bond acceptors (Lipinski definition) is 2. The second kappa shape index (κ2) is 6.52. The Morgan fingerprint density at radius 3 is 2.22 bits per heavy atom. The van der Waals surface area contributed by atoms with Gasteiger partial charge in [0.25, 0.3) is 10.2 Å². The molecule has 0 N–H and O–H groups in total. The Hall–Kier alpha value is -0.620. The first-order chi connectivity index (χ1) is 8.43. The van der Waals surface area contributed by atoms with Gasteiger partial charge in [-0.3, -0.25) is 0 Å². The van der Waals surface area contributed by atoms with Gasteiger partial charge in [-0.25, -0.2) is 0 Å². The van der Waals surface area contributed by atoms with Crippen molar-refractivity contribution in [3.63, 3.8) is 0 Å². The van der Waals surface area contributed by atoms with Gasteiger partial charge in [-0.2, -0.15) is 17.0 Å². The number of nitrogens with zero attached hydrogens (tertiary/aromatic N) is 2. The minimum absolute atomic E-state index is 0.276. The zero-order chi connectivity index (χ0) is 13.8. The summed E-state index contributed by atoms with van der Waals surface area (Å²) in [5.41, 5.74) is 0.803. The summed E-state index contributed by atoms with van der Waals surface area (Å²) in [6, 6.07) is 7.26. The molecule has 1 rings (SSSR count). The largest absolute Gasteiger partial charge is 0.282 e. The topological polar surface area (TPSA) is 40.6 Å². The molecule has 6 heteroatoms. The second-order valence-corrected chi connectivity index (χ2v) is 6.38. The SMILES string of the molecule is CCN(CC)S(=O)(=O)N(C)Cc1ccccc1Cl. The average molecular weight is 291 g/mol. The molecule has 18 heavy (non-hydrogen) atoms. The molecule has 0 saturated heterocycles. The van der Waals surface area contributed by atoms with E-state index in [4.69, 9.17) is 11.6 Å². The molecule has 4 nitrogen and oxygen atoms in total. The zero-order valence-corrected chi connectivity index (χ0v) is 12.5. The molecular weight excluding hydrogens is 272 g/mol. The van der Waals surface area contributed by atoms with Gasteiger partial charge >= 0.3 is 0 Å². The van der Waals surface area contributed by atoms with Crippen LogP contribution in [-0.2, 0) is 16.8 Å². The van der Waals surface area contributed by atoms with Crippen LogP contribution in [0.5, 0.6) is 0 Å². The van der Waals surface area contributed by atoms with Crippen molar-refractivity contribution in [3.8, 4) is 0 Å². The molecule has 0 aliphatic carbocycles. The monoisotopic (exact) mass is 290 g/mol. The Morgan fingerprint density at radius 1 is 1.17 bits per heavy atom. The van der Waals surface area contributed by atoms with Crippen LogP contribution in [0.1, 0.15) is 19.4 Å². The average Bonchev–Trinajstić information content (AvgIpc) is 2.33. The lowest BCUT2D eigenvalue weighted by Gasteiger charge is -2.25. The van der Waals surface area contributed by atoms with Gasteiger partial charge in [0.2, 0.25) is 0 Å². The predicted molar refractivity (Wildman–Crippen MR) is 74.8 cm³/mol. The van der Waals surface area contributed by atoms with E-state index in [1.807, 2.05) is 32.0 Å². The quantitative estimate of drug-likeness (QED) is 0.807. The summed E-state index contributed by atoms with van der Waals surface area (Å²) in [6.07, 6.45) is 0. The van der Waals surface area contributed by atoms with Crippen LogP contribution in [0.4, 0.5) is 0 Å². The van der Waals surface area contributed by atoms with Crippen LogP contribution in [0, 0.1) is 0 Å². The van der Waals surface area contributed by atoms with E-state index in [2.05, 4.69) is 0 Å². The smallest absolute Gasteiger partial charge is 0.195 e. The summed E-state index contributed by atoms with van der Waals surface area (Å²) < 4.78 is 27.2. The molecule has 0 aromatic heterocycles. The highest BCUT2D eigenvalue weighted by Crippen LogP contribution is 2.18. The third-order valence-electron chi connectivity index (χ3n) is 2.78. The standard InChI is InChI=1S/C12H19ClN2O2S/c1-4-15(5-2)18(16,17)14(3)10-11-8-6-7-9-12(11)13/h6-9H,4-5,10H2,1-3H3. The fourth-order valence-electron chi connectivity index (χ4n) is 1.70. The Kier molecular flexibility index (Phi) is 5.59. The number of halogens is 1. The summed E-state index contributed by atoms with van der Waals surface area (Å²) >= 11 is 6.03. The van der Waals surface area contributed by atoms with Crippen molar-refractivity contribution in [3.05, 3.63) is 34.9 Å². The molecule has 0 bridgehead atoms. The molecule has 102 valence electrons. The highest BCUT2D eigenvalue weighted by molar-refractivity contribution is 7.86. The maximum Gasteiger partial charge on any atom is 0.282 e. The highest BCUT2D eigenvalue weighted by atomic mass is 35.5. The van der Waals surface area contributed by atoms with Crippen LogP contribution in [0.25, 0.3) is 0 Å². The molecule has 0 atom stereocenters. The maximum absolute atomic E-state index is 12.2. The molecule has 1 aromatic rings. The molecular formula is C12H19ClN2O2S. The van der Waals surface area contributed by atoms with Crippen molar-refractivity contribution in [2.24, 2.45) is 0 Å².